The molecule has 0 aromatic heterocycles. The second kappa shape index (κ2) is 7.20. The van der Waals surface area contributed by atoms with Crippen LogP contribution in [-0.2, 0) is 4.79 Å². The fourth-order valence-corrected chi connectivity index (χ4v) is 2.44. The number of urea groups is 1. The van der Waals surface area contributed by atoms with Crippen molar-refractivity contribution in [2.75, 3.05) is 32.1 Å². The van der Waals surface area contributed by atoms with Crippen LogP contribution in [0.15, 0.2) is 18.2 Å². The molecule has 0 spiro atoms. The number of carbonyl (C=O) groups is 2. The molecule has 25 heavy (non-hydrogen) atoms. The van der Waals surface area contributed by atoms with E-state index in [0.29, 0.717) is 17.8 Å². The minimum absolute atomic E-state index is 0.0398. The largest absolute Gasteiger partial charge is 0.484 e. The highest BCUT2D eigenvalue weighted by molar-refractivity contribution is 5.94. The zero-order valence-electron chi connectivity index (χ0n) is 14.2. The molecule has 0 saturated carbocycles. The molecule has 2 rings (SSSR count). The average Bonchev–Trinajstić information content (AvgIpc) is 2.52. The fraction of sp³-hybridized carbons (Fsp3) is 0.500. The van der Waals surface area contributed by atoms with E-state index in [-0.39, 0.29) is 24.2 Å². The van der Waals surface area contributed by atoms with Crippen LogP contribution in [0.3, 0.4) is 0 Å². The Morgan fingerprint density at radius 3 is 2.68 bits per heavy atom. The number of rotatable bonds is 3. The number of carbonyl (C=O) groups excluding carboxylic acids is 2. The summed E-state index contributed by atoms with van der Waals surface area (Å²) in [7, 11) is 1.67. The van der Waals surface area contributed by atoms with Gasteiger partial charge < -0.3 is 19.9 Å². The Morgan fingerprint density at radius 1 is 1.40 bits per heavy atom. The second-order valence-electron chi connectivity index (χ2n) is 6.00. The molecule has 1 fully saturated rings. The number of hydrogen-bond donors (Lipinski definition) is 1. The van der Waals surface area contributed by atoms with Crippen LogP contribution in [0.5, 0.6) is 5.75 Å². The van der Waals surface area contributed by atoms with Gasteiger partial charge in [0.05, 0.1) is 0 Å². The molecular weight excluding hydrogens is 339 g/mol. The first-order chi connectivity index (χ1) is 11.6. The van der Waals surface area contributed by atoms with Gasteiger partial charge in [0, 0.05) is 30.9 Å². The number of halogens is 3. The van der Waals surface area contributed by atoms with Crippen molar-refractivity contribution in [3.8, 4) is 5.75 Å². The van der Waals surface area contributed by atoms with Crippen molar-refractivity contribution in [1.82, 2.24) is 9.80 Å². The number of piperazine rings is 1. The number of anilines is 1. The maximum atomic E-state index is 12.4. The molecule has 1 unspecified atom stereocenters. The van der Waals surface area contributed by atoms with Gasteiger partial charge >= 0.3 is 12.2 Å². The molecule has 1 atom stereocenters. The van der Waals surface area contributed by atoms with Gasteiger partial charge in [-0.3, -0.25) is 4.79 Å². The standard InChI is InChI=1S/C16H20F3N3O3/c1-10-7-22(8-14(23)21(10)3)15(24)20-12-5-4-6-13(11(12)2)25-9-16(17,18)19/h4-6,10H,7-9H2,1-3H3,(H,20,24). The number of likely N-dealkylation sites (N-methyl/N-ethyl adjacent to an activating group) is 1. The highest BCUT2D eigenvalue weighted by Gasteiger charge is 2.31. The summed E-state index contributed by atoms with van der Waals surface area (Å²) in [4.78, 5) is 27.2. The van der Waals surface area contributed by atoms with Gasteiger partial charge in [0.1, 0.15) is 12.3 Å². The summed E-state index contributed by atoms with van der Waals surface area (Å²) < 4.78 is 41.6. The average molecular weight is 359 g/mol. The molecule has 138 valence electrons. The van der Waals surface area contributed by atoms with E-state index in [1.807, 2.05) is 6.92 Å². The highest BCUT2D eigenvalue weighted by Crippen LogP contribution is 2.27. The number of benzene rings is 1. The Morgan fingerprint density at radius 2 is 2.08 bits per heavy atom. The first-order valence-corrected chi connectivity index (χ1v) is 7.69. The molecule has 0 aliphatic carbocycles. The van der Waals surface area contributed by atoms with Gasteiger partial charge in [-0.25, -0.2) is 4.79 Å². The third kappa shape index (κ3) is 4.77. The monoisotopic (exact) mass is 359 g/mol. The topological polar surface area (TPSA) is 61.9 Å². The van der Waals surface area contributed by atoms with Crippen LogP contribution in [-0.4, -0.2) is 60.7 Å². The molecule has 1 N–H and O–H groups in total. The van der Waals surface area contributed by atoms with Crippen LogP contribution in [0.25, 0.3) is 0 Å². The third-order valence-corrected chi connectivity index (χ3v) is 4.07. The number of alkyl halides is 3. The molecule has 1 saturated heterocycles. The van der Waals surface area contributed by atoms with E-state index in [9.17, 15) is 22.8 Å². The Bertz CT molecular complexity index is 664. The van der Waals surface area contributed by atoms with Crippen molar-refractivity contribution in [2.24, 2.45) is 0 Å². The van der Waals surface area contributed by atoms with E-state index < -0.39 is 18.8 Å². The number of nitrogens with one attached hydrogen (secondary N) is 1. The summed E-state index contributed by atoms with van der Waals surface area (Å²) in [6.45, 7) is 2.30. The molecule has 6 nitrogen and oxygen atoms in total. The highest BCUT2D eigenvalue weighted by atomic mass is 19.4. The lowest BCUT2D eigenvalue weighted by molar-refractivity contribution is -0.153. The maximum absolute atomic E-state index is 12.4. The number of amides is 3. The molecule has 1 aromatic carbocycles. The van der Waals surface area contributed by atoms with Crippen molar-refractivity contribution in [3.63, 3.8) is 0 Å². The molecule has 0 radical (unpaired) electrons. The minimum Gasteiger partial charge on any atom is -0.484 e. The van der Waals surface area contributed by atoms with Gasteiger partial charge in [0.25, 0.3) is 0 Å². The molecule has 0 bridgehead atoms. The Balaban J connectivity index is 2.07. The zero-order chi connectivity index (χ0) is 18.8. The van der Waals surface area contributed by atoms with Gasteiger partial charge in [-0.1, -0.05) is 6.07 Å². The Labute approximate surface area is 143 Å². The van der Waals surface area contributed by atoms with Crippen LogP contribution in [0.1, 0.15) is 12.5 Å². The summed E-state index contributed by atoms with van der Waals surface area (Å²) in [6.07, 6.45) is -4.44. The third-order valence-electron chi connectivity index (χ3n) is 4.07. The van der Waals surface area contributed by atoms with Gasteiger partial charge in [-0.05, 0) is 26.0 Å². The number of nitrogens with zero attached hydrogens (tertiary/aromatic N) is 2. The number of ether oxygens (including phenoxy) is 1. The van der Waals surface area contributed by atoms with E-state index in [4.69, 9.17) is 4.74 Å². The molecule has 1 aliphatic heterocycles. The van der Waals surface area contributed by atoms with Crippen molar-refractivity contribution >= 4 is 17.6 Å². The zero-order valence-corrected chi connectivity index (χ0v) is 14.2. The summed E-state index contributed by atoms with van der Waals surface area (Å²) in [5.74, 6) is -0.133. The first kappa shape index (κ1) is 18.9. The lowest BCUT2D eigenvalue weighted by Crippen LogP contribution is -2.56. The van der Waals surface area contributed by atoms with E-state index in [1.165, 1.54) is 17.0 Å². The SMILES string of the molecule is Cc1c(NC(=O)N2CC(=O)N(C)C(C)C2)cccc1OCC(F)(F)F. The summed E-state index contributed by atoms with van der Waals surface area (Å²) in [6, 6.07) is 3.86. The first-order valence-electron chi connectivity index (χ1n) is 7.69. The lowest BCUT2D eigenvalue weighted by Gasteiger charge is -2.37. The van der Waals surface area contributed by atoms with Crippen LogP contribution in [0.4, 0.5) is 23.7 Å². The number of hydrogen-bond acceptors (Lipinski definition) is 3. The molecule has 1 heterocycles. The molecule has 1 aliphatic rings. The van der Waals surface area contributed by atoms with Crippen LogP contribution in [0.2, 0.25) is 0 Å². The summed E-state index contributed by atoms with van der Waals surface area (Å²) >= 11 is 0. The predicted molar refractivity (Wildman–Crippen MR) is 85.6 cm³/mol. The Hall–Kier alpha value is -2.45. The summed E-state index contributed by atoms with van der Waals surface area (Å²) in [5, 5.41) is 2.63. The normalized spacial score (nSPS) is 18.3. The van der Waals surface area contributed by atoms with Crippen molar-refractivity contribution in [2.45, 2.75) is 26.1 Å². The van der Waals surface area contributed by atoms with E-state index in [1.54, 1.807) is 24.9 Å². The van der Waals surface area contributed by atoms with Gasteiger partial charge in [-0.2, -0.15) is 13.2 Å². The van der Waals surface area contributed by atoms with Crippen molar-refractivity contribution in [1.29, 1.82) is 0 Å². The smallest absolute Gasteiger partial charge is 0.422 e. The van der Waals surface area contributed by atoms with E-state index in [0.717, 1.165) is 0 Å². The van der Waals surface area contributed by atoms with Crippen molar-refractivity contribution < 1.29 is 27.5 Å². The van der Waals surface area contributed by atoms with Crippen molar-refractivity contribution in [3.05, 3.63) is 23.8 Å². The fourth-order valence-electron chi connectivity index (χ4n) is 2.44. The molecule has 3 amide bonds. The van der Waals surface area contributed by atoms with Gasteiger partial charge in [0.15, 0.2) is 6.61 Å². The van der Waals surface area contributed by atoms with Gasteiger partial charge in [-0.15, -0.1) is 0 Å². The maximum Gasteiger partial charge on any atom is 0.422 e. The predicted octanol–water partition coefficient (Wildman–Crippen LogP) is 2.63. The molecular formula is C16H20F3N3O3. The second-order valence-corrected chi connectivity index (χ2v) is 6.00. The van der Waals surface area contributed by atoms with E-state index >= 15 is 0 Å². The van der Waals surface area contributed by atoms with E-state index in [2.05, 4.69) is 5.32 Å². The van der Waals surface area contributed by atoms with Crippen LogP contribution in [0, 0.1) is 6.92 Å². The van der Waals surface area contributed by atoms with Crippen LogP contribution < -0.4 is 10.1 Å². The minimum atomic E-state index is -4.44. The van der Waals surface area contributed by atoms with Crippen LogP contribution >= 0.6 is 0 Å². The quantitative estimate of drug-likeness (QED) is 0.903. The lowest BCUT2D eigenvalue weighted by atomic mass is 10.1. The van der Waals surface area contributed by atoms with Gasteiger partial charge in [0.2, 0.25) is 5.91 Å². The molecule has 1 aromatic rings. The molecule has 9 heteroatoms. The Kier molecular flexibility index (Phi) is 5.44. The summed E-state index contributed by atoms with van der Waals surface area (Å²) in [5.41, 5.74) is 0.720.